The Hall–Kier alpha value is -2.07. The summed E-state index contributed by atoms with van der Waals surface area (Å²) in [4.78, 5) is 13.5. The molecule has 1 unspecified atom stereocenters. The van der Waals surface area contributed by atoms with E-state index >= 15 is 0 Å². The van der Waals surface area contributed by atoms with Gasteiger partial charge in [-0.15, -0.1) is 0 Å². The molecule has 2 rings (SSSR count). The molecule has 7 heteroatoms. The number of benzene rings is 1. The third kappa shape index (κ3) is 2.91. The second kappa shape index (κ2) is 5.51. The van der Waals surface area contributed by atoms with Crippen LogP contribution in [0.2, 0.25) is 0 Å². The zero-order chi connectivity index (χ0) is 14.8. The van der Waals surface area contributed by atoms with Gasteiger partial charge in [0.05, 0.1) is 11.6 Å². The van der Waals surface area contributed by atoms with Crippen LogP contribution < -0.4 is 5.32 Å². The Morgan fingerprint density at radius 1 is 1.45 bits per heavy atom. The van der Waals surface area contributed by atoms with E-state index in [4.69, 9.17) is 5.26 Å². The molecular weight excluding hydrogens is 271 g/mol. The average molecular weight is 283 g/mol. The highest BCUT2D eigenvalue weighted by molar-refractivity contribution is 5.95. The second-order valence-corrected chi connectivity index (χ2v) is 4.43. The zero-order valence-electron chi connectivity index (χ0n) is 10.4. The van der Waals surface area contributed by atoms with Crippen molar-refractivity contribution in [3.63, 3.8) is 0 Å². The molecule has 1 aliphatic rings. The molecule has 0 aliphatic carbocycles. The van der Waals surface area contributed by atoms with Crippen molar-refractivity contribution in [3.8, 4) is 6.07 Å². The lowest BCUT2D eigenvalue weighted by atomic mass is 10.1. The summed E-state index contributed by atoms with van der Waals surface area (Å²) in [5.41, 5.74) is -0.922. The first-order valence-electron chi connectivity index (χ1n) is 6.02. The Kier molecular flexibility index (Phi) is 3.95. The van der Waals surface area contributed by atoms with Crippen LogP contribution in [0.5, 0.6) is 0 Å². The van der Waals surface area contributed by atoms with Crippen LogP contribution in [-0.2, 0) is 6.18 Å². The SMILES string of the molecule is N#CC1CNCCN1C(=O)c1cccc(C(F)(F)F)c1. The number of carbonyl (C=O) groups excluding carboxylic acids is 1. The molecule has 1 fully saturated rings. The van der Waals surface area contributed by atoms with Crippen LogP contribution in [-0.4, -0.2) is 36.5 Å². The van der Waals surface area contributed by atoms with Gasteiger partial charge < -0.3 is 10.2 Å². The summed E-state index contributed by atoms with van der Waals surface area (Å²) in [5.74, 6) is -0.552. The van der Waals surface area contributed by atoms with Crippen molar-refractivity contribution >= 4 is 5.91 Å². The van der Waals surface area contributed by atoms with Crippen molar-refractivity contribution < 1.29 is 18.0 Å². The van der Waals surface area contributed by atoms with Crippen LogP contribution in [0.3, 0.4) is 0 Å². The van der Waals surface area contributed by atoms with Crippen molar-refractivity contribution in [3.05, 3.63) is 35.4 Å². The molecule has 0 aromatic heterocycles. The van der Waals surface area contributed by atoms with Crippen LogP contribution >= 0.6 is 0 Å². The molecule has 106 valence electrons. The number of alkyl halides is 3. The summed E-state index contributed by atoms with van der Waals surface area (Å²) in [6.07, 6.45) is -4.49. The van der Waals surface area contributed by atoms with Crippen LogP contribution in [0.25, 0.3) is 0 Å². The van der Waals surface area contributed by atoms with Crippen molar-refractivity contribution in [1.29, 1.82) is 5.26 Å². The Morgan fingerprint density at radius 2 is 2.20 bits per heavy atom. The second-order valence-electron chi connectivity index (χ2n) is 4.43. The largest absolute Gasteiger partial charge is 0.416 e. The van der Waals surface area contributed by atoms with E-state index in [0.717, 1.165) is 12.1 Å². The maximum absolute atomic E-state index is 12.6. The van der Waals surface area contributed by atoms with Gasteiger partial charge in [-0.25, -0.2) is 0 Å². The fourth-order valence-electron chi connectivity index (χ4n) is 2.06. The molecule has 1 atom stereocenters. The Balaban J connectivity index is 2.27. The average Bonchev–Trinajstić information content (AvgIpc) is 2.45. The number of hydrogen-bond donors (Lipinski definition) is 1. The molecule has 0 spiro atoms. The lowest BCUT2D eigenvalue weighted by Gasteiger charge is -2.32. The maximum Gasteiger partial charge on any atom is 0.416 e. The van der Waals surface area contributed by atoms with Gasteiger partial charge in [0.25, 0.3) is 5.91 Å². The van der Waals surface area contributed by atoms with Gasteiger partial charge in [-0.2, -0.15) is 18.4 Å². The lowest BCUT2D eigenvalue weighted by molar-refractivity contribution is -0.137. The highest BCUT2D eigenvalue weighted by Gasteiger charge is 2.32. The van der Waals surface area contributed by atoms with Crippen LogP contribution in [0, 0.1) is 11.3 Å². The first kappa shape index (κ1) is 14.3. The molecule has 1 aromatic rings. The van der Waals surface area contributed by atoms with Gasteiger partial charge in [0.15, 0.2) is 0 Å². The minimum atomic E-state index is -4.49. The summed E-state index contributed by atoms with van der Waals surface area (Å²) in [7, 11) is 0. The minimum Gasteiger partial charge on any atom is -0.320 e. The third-order valence-electron chi connectivity index (χ3n) is 3.09. The van der Waals surface area contributed by atoms with Crippen LogP contribution in [0.4, 0.5) is 13.2 Å². The first-order valence-corrected chi connectivity index (χ1v) is 6.02. The van der Waals surface area contributed by atoms with Crippen molar-refractivity contribution in [2.24, 2.45) is 0 Å². The van der Waals surface area contributed by atoms with Crippen molar-refractivity contribution in [2.75, 3.05) is 19.6 Å². The summed E-state index contributed by atoms with van der Waals surface area (Å²) < 4.78 is 37.9. The number of hydrogen-bond acceptors (Lipinski definition) is 3. The van der Waals surface area contributed by atoms with E-state index in [1.807, 2.05) is 6.07 Å². The van der Waals surface area contributed by atoms with E-state index < -0.39 is 23.7 Å². The number of piperazine rings is 1. The predicted octanol–water partition coefficient (Wildman–Crippen LogP) is 1.64. The van der Waals surface area contributed by atoms with Gasteiger partial charge >= 0.3 is 6.18 Å². The fourth-order valence-corrected chi connectivity index (χ4v) is 2.06. The number of carbonyl (C=O) groups is 1. The first-order chi connectivity index (χ1) is 9.43. The molecular formula is C13H12F3N3O. The Bertz CT molecular complexity index is 551. The van der Waals surface area contributed by atoms with Gasteiger partial charge in [0, 0.05) is 25.2 Å². The number of halogens is 3. The predicted molar refractivity (Wildman–Crippen MR) is 64.8 cm³/mol. The maximum atomic E-state index is 12.6. The van der Waals surface area contributed by atoms with Gasteiger partial charge in [-0.1, -0.05) is 6.07 Å². The van der Waals surface area contributed by atoms with Crippen LogP contribution in [0.1, 0.15) is 15.9 Å². The standard InChI is InChI=1S/C13H12F3N3O/c14-13(15,16)10-3-1-2-9(6-10)12(20)19-5-4-18-8-11(19)7-17/h1-3,6,11,18H,4-5,8H2. The number of nitriles is 1. The smallest absolute Gasteiger partial charge is 0.320 e. The van der Waals surface area contributed by atoms with E-state index in [2.05, 4.69) is 5.32 Å². The van der Waals surface area contributed by atoms with Crippen molar-refractivity contribution in [2.45, 2.75) is 12.2 Å². The monoisotopic (exact) mass is 283 g/mol. The zero-order valence-corrected chi connectivity index (χ0v) is 10.4. The van der Waals surface area contributed by atoms with E-state index in [1.165, 1.54) is 17.0 Å². The van der Waals surface area contributed by atoms with E-state index in [1.54, 1.807) is 0 Å². The molecule has 1 aromatic carbocycles. The van der Waals surface area contributed by atoms with Gasteiger partial charge in [0.2, 0.25) is 0 Å². The number of rotatable bonds is 1. The highest BCUT2D eigenvalue weighted by Crippen LogP contribution is 2.29. The third-order valence-corrected chi connectivity index (χ3v) is 3.09. The van der Waals surface area contributed by atoms with Gasteiger partial charge in [-0.05, 0) is 18.2 Å². The molecule has 4 nitrogen and oxygen atoms in total. The van der Waals surface area contributed by atoms with E-state index in [-0.39, 0.29) is 5.56 Å². The lowest BCUT2D eigenvalue weighted by Crippen LogP contribution is -2.53. The van der Waals surface area contributed by atoms with Crippen molar-refractivity contribution in [1.82, 2.24) is 10.2 Å². The normalized spacial score (nSPS) is 19.5. The molecule has 0 bridgehead atoms. The summed E-state index contributed by atoms with van der Waals surface area (Å²) in [5, 5.41) is 11.9. The molecule has 1 amide bonds. The van der Waals surface area contributed by atoms with E-state index in [9.17, 15) is 18.0 Å². The minimum absolute atomic E-state index is 0.0537. The van der Waals surface area contributed by atoms with Crippen LogP contribution in [0.15, 0.2) is 24.3 Å². The molecule has 1 saturated heterocycles. The molecule has 1 aliphatic heterocycles. The molecule has 0 saturated carbocycles. The van der Waals surface area contributed by atoms with Gasteiger partial charge in [0.1, 0.15) is 6.04 Å². The fraction of sp³-hybridized carbons (Fsp3) is 0.385. The van der Waals surface area contributed by atoms with Gasteiger partial charge in [-0.3, -0.25) is 4.79 Å². The topological polar surface area (TPSA) is 56.1 Å². The number of nitrogens with one attached hydrogen (secondary N) is 1. The quantitative estimate of drug-likeness (QED) is 0.852. The molecule has 1 heterocycles. The molecule has 20 heavy (non-hydrogen) atoms. The summed E-state index contributed by atoms with van der Waals surface area (Å²) in [6.45, 7) is 1.14. The summed E-state index contributed by atoms with van der Waals surface area (Å²) in [6, 6.07) is 5.56. The van der Waals surface area contributed by atoms with E-state index in [0.29, 0.717) is 19.6 Å². The molecule has 1 N–H and O–H groups in total. The number of amides is 1. The Morgan fingerprint density at radius 3 is 2.85 bits per heavy atom. The highest BCUT2D eigenvalue weighted by atomic mass is 19.4. The Labute approximate surface area is 113 Å². The summed E-state index contributed by atoms with van der Waals surface area (Å²) >= 11 is 0. The number of nitrogens with zero attached hydrogens (tertiary/aromatic N) is 2. The molecule has 0 radical (unpaired) electrons.